The highest BCUT2D eigenvalue weighted by atomic mass is 19.1. The average molecular weight is 373 g/mol. The minimum Gasteiger partial charge on any atom is -0.410 e. The molecular formula is C19H20FN3O4. The number of amides is 2. The van der Waals surface area contributed by atoms with Gasteiger partial charge in [0.2, 0.25) is 0 Å². The maximum atomic E-state index is 14.3. The number of fused-ring (bicyclic) bond motifs is 1. The van der Waals surface area contributed by atoms with Crippen LogP contribution in [0.15, 0.2) is 36.4 Å². The molecule has 1 atom stereocenters. The fourth-order valence-corrected chi connectivity index (χ4v) is 2.77. The molecule has 0 aliphatic carbocycles. The van der Waals surface area contributed by atoms with Crippen molar-refractivity contribution in [1.82, 2.24) is 9.80 Å². The van der Waals surface area contributed by atoms with E-state index >= 15 is 0 Å². The Morgan fingerprint density at radius 2 is 2.07 bits per heavy atom. The minimum absolute atomic E-state index is 0.0254. The van der Waals surface area contributed by atoms with Crippen molar-refractivity contribution in [2.75, 3.05) is 19.8 Å². The Labute approximate surface area is 156 Å². The second-order valence-electron chi connectivity index (χ2n) is 6.45. The second kappa shape index (κ2) is 7.14. The van der Waals surface area contributed by atoms with E-state index in [1.165, 1.54) is 21.9 Å². The second-order valence-corrected chi connectivity index (χ2v) is 6.45. The molecule has 0 bridgehead atoms. The first-order valence-corrected chi connectivity index (χ1v) is 8.32. The summed E-state index contributed by atoms with van der Waals surface area (Å²) in [6, 6.07) is 8.92. The number of benzene rings is 2. The molecular weight excluding hydrogens is 353 g/mol. The van der Waals surface area contributed by atoms with Crippen molar-refractivity contribution >= 4 is 17.9 Å². The summed E-state index contributed by atoms with van der Waals surface area (Å²) in [4.78, 5) is 26.8. The summed E-state index contributed by atoms with van der Waals surface area (Å²) in [6.07, 6.45) is -1.16. The fourth-order valence-electron chi connectivity index (χ4n) is 2.77. The molecule has 2 N–H and O–H groups in total. The normalized spacial score (nSPS) is 14.2. The molecule has 0 fully saturated rings. The van der Waals surface area contributed by atoms with E-state index in [0.29, 0.717) is 11.3 Å². The van der Waals surface area contributed by atoms with Gasteiger partial charge in [-0.05, 0) is 25.1 Å². The third-order valence-electron chi connectivity index (χ3n) is 4.36. The van der Waals surface area contributed by atoms with Gasteiger partial charge >= 0.3 is 12.2 Å². The lowest BCUT2D eigenvalue weighted by Crippen LogP contribution is -2.39. The van der Waals surface area contributed by atoms with Gasteiger partial charge < -0.3 is 20.1 Å². The molecule has 3 rings (SSSR count). The Morgan fingerprint density at radius 1 is 1.33 bits per heavy atom. The van der Waals surface area contributed by atoms with Crippen molar-refractivity contribution in [1.29, 1.82) is 0 Å². The number of nitrogens with two attached hydrogens (primary N) is 1. The molecule has 7 nitrogen and oxygen atoms in total. The van der Waals surface area contributed by atoms with Crippen molar-refractivity contribution in [3.63, 3.8) is 0 Å². The van der Waals surface area contributed by atoms with E-state index in [9.17, 15) is 14.0 Å². The Hall–Kier alpha value is -3.29. The topological polar surface area (TPSA) is 85.1 Å². The Bertz CT molecular complexity index is 901. The first-order chi connectivity index (χ1) is 12.8. The predicted molar refractivity (Wildman–Crippen MR) is 96.9 cm³/mol. The van der Waals surface area contributed by atoms with Gasteiger partial charge in [-0.15, -0.1) is 0 Å². The van der Waals surface area contributed by atoms with E-state index in [2.05, 4.69) is 0 Å². The fraction of sp³-hybridized carbons (Fsp3) is 0.263. The number of rotatable bonds is 3. The number of hydrogen-bond donors (Lipinski definition) is 1. The van der Waals surface area contributed by atoms with Crippen molar-refractivity contribution in [2.24, 2.45) is 0 Å². The Balaban J connectivity index is 1.83. The van der Waals surface area contributed by atoms with Gasteiger partial charge in [-0.25, -0.2) is 14.0 Å². The SMILES string of the molecule is CC(c1cccc(N)c1F)N1Cc2ccc(OC(=O)N(C)C)cc2OC1=O. The molecule has 142 valence electrons. The molecule has 1 heterocycles. The van der Waals surface area contributed by atoms with Crippen LogP contribution in [-0.2, 0) is 6.54 Å². The van der Waals surface area contributed by atoms with E-state index in [1.807, 2.05) is 0 Å². The minimum atomic E-state index is -0.618. The largest absolute Gasteiger partial charge is 0.416 e. The number of nitrogen functional groups attached to an aromatic ring is 1. The molecule has 8 heteroatoms. The summed E-state index contributed by atoms with van der Waals surface area (Å²) in [6.45, 7) is 1.93. The molecule has 1 aliphatic rings. The van der Waals surface area contributed by atoms with Crippen molar-refractivity contribution in [3.05, 3.63) is 53.3 Å². The van der Waals surface area contributed by atoms with E-state index in [0.717, 1.165) is 5.56 Å². The van der Waals surface area contributed by atoms with Crippen LogP contribution in [0.25, 0.3) is 0 Å². The van der Waals surface area contributed by atoms with Crippen molar-refractivity contribution < 1.29 is 23.5 Å². The summed E-state index contributed by atoms with van der Waals surface area (Å²) >= 11 is 0. The average Bonchev–Trinajstić information content (AvgIpc) is 2.62. The molecule has 2 amide bonds. The highest BCUT2D eigenvalue weighted by Crippen LogP contribution is 2.35. The van der Waals surface area contributed by atoms with Crippen LogP contribution in [0, 0.1) is 5.82 Å². The smallest absolute Gasteiger partial charge is 0.410 e. The highest BCUT2D eigenvalue weighted by Gasteiger charge is 2.31. The Morgan fingerprint density at radius 3 is 2.78 bits per heavy atom. The molecule has 2 aromatic carbocycles. The molecule has 0 spiro atoms. The van der Waals surface area contributed by atoms with Crippen LogP contribution in [0.3, 0.4) is 0 Å². The van der Waals surface area contributed by atoms with Crippen LogP contribution in [0.5, 0.6) is 11.5 Å². The zero-order valence-electron chi connectivity index (χ0n) is 15.2. The standard InChI is InChI=1S/C19H20FN3O4/c1-11(14-5-4-6-15(21)17(14)20)23-10-12-7-8-13(26-18(24)22(2)3)9-16(12)27-19(23)25/h4-9,11H,10,21H2,1-3H3. The highest BCUT2D eigenvalue weighted by molar-refractivity contribution is 5.75. The number of halogens is 1. The maximum absolute atomic E-state index is 14.3. The zero-order chi connectivity index (χ0) is 19.7. The van der Waals surface area contributed by atoms with Gasteiger partial charge in [0.15, 0.2) is 5.82 Å². The molecule has 0 radical (unpaired) electrons. The molecule has 2 aromatic rings. The van der Waals surface area contributed by atoms with Crippen LogP contribution in [-0.4, -0.2) is 36.1 Å². The van der Waals surface area contributed by atoms with E-state index in [1.54, 1.807) is 45.3 Å². The third kappa shape index (κ3) is 3.64. The van der Waals surface area contributed by atoms with Crippen molar-refractivity contribution in [2.45, 2.75) is 19.5 Å². The monoisotopic (exact) mass is 373 g/mol. The first-order valence-electron chi connectivity index (χ1n) is 8.32. The molecule has 0 saturated carbocycles. The summed E-state index contributed by atoms with van der Waals surface area (Å²) in [5.41, 5.74) is 6.68. The lowest BCUT2D eigenvalue weighted by Gasteiger charge is -2.33. The van der Waals surface area contributed by atoms with Crippen LogP contribution in [0.1, 0.15) is 24.1 Å². The van der Waals surface area contributed by atoms with E-state index in [-0.39, 0.29) is 18.0 Å². The van der Waals surface area contributed by atoms with Crippen LogP contribution in [0.4, 0.5) is 19.7 Å². The lowest BCUT2D eigenvalue weighted by atomic mass is 10.0. The maximum Gasteiger partial charge on any atom is 0.416 e. The van der Waals surface area contributed by atoms with E-state index in [4.69, 9.17) is 15.2 Å². The molecule has 1 unspecified atom stereocenters. The van der Waals surface area contributed by atoms with Crippen molar-refractivity contribution in [3.8, 4) is 11.5 Å². The van der Waals surface area contributed by atoms with E-state index < -0.39 is 24.0 Å². The number of ether oxygens (including phenoxy) is 2. The van der Waals surface area contributed by atoms with Gasteiger partial charge in [0.1, 0.15) is 11.5 Å². The number of carbonyl (C=O) groups excluding carboxylic acids is 2. The van der Waals surface area contributed by atoms with Gasteiger partial charge in [0.05, 0.1) is 18.3 Å². The van der Waals surface area contributed by atoms with Gasteiger partial charge in [-0.3, -0.25) is 4.90 Å². The van der Waals surface area contributed by atoms with Crippen LogP contribution >= 0.6 is 0 Å². The third-order valence-corrected chi connectivity index (χ3v) is 4.36. The number of hydrogen-bond acceptors (Lipinski definition) is 5. The van der Waals surface area contributed by atoms with Crippen LogP contribution in [0.2, 0.25) is 0 Å². The number of carbonyl (C=O) groups is 2. The molecule has 27 heavy (non-hydrogen) atoms. The summed E-state index contributed by atoms with van der Waals surface area (Å²) in [7, 11) is 3.13. The molecule has 0 aromatic heterocycles. The Kier molecular flexibility index (Phi) is 4.89. The molecule has 1 aliphatic heterocycles. The van der Waals surface area contributed by atoms with Gasteiger partial charge in [-0.2, -0.15) is 0 Å². The predicted octanol–water partition coefficient (Wildman–Crippen LogP) is 3.54. The zero-order valence-corrected chi connectivity index (χ0v) is 15.2. The number of anilines is 1. The summed E-state index contributed by atoms with van der Waals surface area (Å²) < 4.78 is 24.8. The first kappa shape index (κ1) is 18.5. The lowest BCUT2D eigenvalue weighted by molar-refractivity contribution is 0.118. The van der Waals surface area contributed by atoms with Gasteiger partial charge in [0, 0.05) is 31.3 Å². The summed E-state index contributed by atoms with van der Waals surface area (Å²) in [5, 5.41) is 0. The quantitative estimate of drug-likeness (QED) is 0.832. The van der Waals surface area contributed by atoms with Gasteiger partial charge in [-0.1, -0.05) is 12.1 Å². The number of nitrogens with zero attached hydrogens (tertiary/aromatic N) is 2. The molecule has 0 saturated heterocycles. The summed E-state index contributed by atoms with van der Waals surface area (Å²) in [5.74, 6) is 0.0266. The van der Waals surface area contributed by atoms with Gasteiger partial charge in [0.25, 0.3) is 0 Å². The van der Waals surface area contributed by atoms with Crippen LogP contribution < -0.4 is 15.2 Å².